The van der Waals surface area contributed by atoms with Gasteiger partial charge in [-0.05, 0) is 24.6 Å². The van der Waals surface area contributed by atoms with Crippen molar-refractivity contribution in [2.24, 2.45) is 0 Å². The van der Waals surface area contributed by atoms with E-state index in [9.17, 15) is 4.79 Å². The lowest BCUT2D eigenvalue weighted by molar-refractivity contribution is 0.0962. The highest BCUT2D eigenvalue weighted by Crippen LogP contribution is 2.22. The summed E-state index contributed by atoms with van der Waals surface area (Å²) in [5.74, 6) is 0.0847. The average molecular weight is 292 g/mol. The third-order valence-corrected chi connectivity index (χ3v) is 2.91. The third kappa shape index (κ3) is 3.93. The summed E-state index contributed by atoms with van der Waals surface area (Å²) in [6.45, 7) is 0.601. The molecule has 0 heterocycles. The second kappa shape index (κ2) is 6.26. The number of ether oxygens (including phenoxy) is 1. The molecular formula is C11H12BrClO2. The number of halogens is 2. The van der Waals surface area contributed by atoms with E-state index in [2.05, 4.69) is 15.9 Å². The molecule has 82 valence electrons. The lowest BCUT2D eigenvalue weighted by atomic mass is 10.1. The fourth-order valence-corrected chi connectivity index (χ4v) is 1.86. The van der Waals surface area contributed by atoms with Gasteiger partial charge in [-0.15, -0.1) is 0 Å². The molecule has 2 nitrogen and oxygen atoms in total. The molecule has 1 aromatic rings. The predicted octanol–water partition coefficient (Wildman–Crippen LogP) is 3.71. The highest BCUT2D eigenvalue weighted by Gasteiger charge is 2.10. The summed E-state index contributed by atoms with van der Waals surface area (Å²) in [6.07, 6.45) is 1.21. The van der Waals surface area contributed by atoms with E-state index in [0.29, 0.717) is 23.6 Å². The van der Waals surface area contributed by atoms with Crippen LogP contribution in [0.4, 0.5) is 0 Å². The molecule has 0 bridgehead atoms. The van der Waals surface area contributed by atoms with Crippen LogP contribution in [0.2, 0.25) is 5.02 Å². The number of hydrogen-bond donors (Lipinski definition) is 0. The van der Waals surface area contributed by atoms with Gasteiger partial charge in [0.1, 0.15) is 0 Å². The minimum Gasteiger partial charge on any atom is -0.385 e. The minimum atomic E-state index is 0.0847. The highest BCUT2D eigenvalue weighted by molar-refractivity contribution is 9.10. The van der Waals surface area contributed by atoms with Crippen molar-refractivity contribution in [3.05, 3.63) is 33.3 Å². The molecule has 0 aliphatic carbocycles. The summed E-state index contributed by atoms with van der Waals surface area (Å²) in [5.41, 5.74) is 0.638. The number of ketones is 1. The Hall–Kier alpha value is -0.380. The Morgan fingerprint density at radius 3 is 2.93 bits per heavy atom. The summed E-state index contributed by atoms with van der Waals surface area (Å²) in [7, 11) is 1.62. The van der Waals surface area contributed by atoms with Gasteiger partial charge in [0.05, 0.1) is 0 Å². The van der Waals surface area contributed by atoms with Crippen LogP contribution in [0.3, 0.4) is 0 Å². The minimum absolute atomic E-state index is 0.0847. The molecule has 0 N–H and O–H groups in total. The maximum atomic E-state index is 11.7. The Kier molecular flexibility index (Phi) is 5.29. The van der Waals surface area contributed by atoms with Crippen molar-refractivity contribution >= 4 is 33.3 Å². The second-order valence-corrected chi connectivity index (χ2v) is 4.43. The van der Waals surface area contributed by atoms with Crippen LogP contribution in [0.25, 0.3) is 0 Å². The first-order chi connectivity index (χ1) is 7.15. The van der Waals surface area contributed by atoms with Crippen molar-refractivity contribution in [1.29, 1.82) is 0 Å². The largest absolute Gasteiger partial charge is 0.385 e. The van der Waals surface area contributed by atoms with Gasteiger partial charge in [-0.1, -0.05) is 27.5 Å². The van der Waals surface area contributed by atoms with Crippen LogP contribution in [-0.2, 0) is 4.74 Å². The lowest BCUT2D eigenvalue weighted by Crippen LogP contribution is -2.02. The topological polar surface area (TPSA) is 26.3 Å². The van der Waals surface area contributed by atoms with Crippen LogP contribution >= 0.6 is 27.5 Å². The molecule has 0 aliphatic heterocycles. The maximum absolute atomic E-state index is 11.7. The van der Waals surface area contributed by atoms with Gasteiger partial charge in [0, 0.05) is 35.2 Å². The van der Waals surface area contributed by atoms with E-state index in [4.69, 9.17) is 16.3 Å². The van der Waals surface area contributed by atoms with Crippen LogP contribution in [0.1, 0.15) is 23.2 Å². The number of methoxy groups -OCH3 is 1. The van der Waals surface area contributed by atoms with Gasteiger partial charge in [0.15, 0.2) is 5.78 Å². The molecule has 0 aliphatic rings. The second-order valence-electron chi connectivity index (χ2n) is 3.14. The highest BCUT2D eigenvalue weighted by atomic mass is 79.9. The van der Waals surface area contributed by atoms with Crippen molar-refractivity contribution < 1.29 is 9.53 Å². The molecule has 0 saturated carbocycles. The summed E-state index contributed by atoms with van der Waals surface area (Å²) < 4.78 is 5.68. The zero-order valence-corrected chi connectivity index (χ0v) is 10.8. The number of benzene rings is 1. The Balaban J connectivity index is 2.68. The van der Waals surface area contributed by atoms with Crippen molar-refractivity contribution in [3.8, 4) is 0 Å². The zero-order chi connectivity index (χ0) is 11.3. The van der Waals surface area contributed by atoms with Gasteiger partial charge < -0.3 is 4.74 Å². The molecule has 15 heavy (non-hydrogen) atoms. The van der Waals surface area contributed by atoms with E-state index in [-0.39, 0.29) is 5.78 Å². The molecule has 4 heteroatoms. The predicted molar refractivity (Wildman–Crippen MR) is 64.6 cm³/mol. The van der Waals surface area contributed by atoms with E-state index in [0.717, 1.165) is 10.9 Å². The van der Waals surface area contributed by atoms with Crippen LogP contribution < -0.4 is 0 Å². The van der Waals surface area contributed by atoms with Crippen molar-refractivity contribution in [3.63, 3.8) is 0 Å². The monoisotopic (exact) mass is 290 g/mol. The van der Waals surface area contributed by atoms with E-state index in [1.165, 1.54) is 0 Å². The molecule has 0 atom stereocenters. The number of rotatable bonds is 5. The SMILES string of the molecule is COCCCC(=O)c1cc(Cl)ccc1Br. The summed E-state index contributed by atoms with van der Waals surface area (Å²) in [4.78, 5) is 11.7. The Morgan fingerprint density at radius 2 is 2.27 bits per heavy atom. The van der Waals surface area contributed by atoms with Gasteiger partial charge >= 0.3 is 0 Å². The molecule has 1 rings (SSSR count). The average Bonchev–Trinajstić information content (AvgIpc) is 2.22. The third-order valence-electron chi connectivity index (χ3n) is 1.98. The fraction of sp³-hybridized carbons (Fsp3) is 0.364. The van der Waals surface area contributed by atoms with Gasteiger partial charge in [-0.2, -0.15) is 0 Å². The van der Waals surface area contributed by atoms with Gasteiger partial charge in [-0.3, -0.25) is 4.79 Å². The molecule has 0 radical (unpaired) electrons. The number of Topliss-reactive ketones (excluding diaryl/α,β-unsaturated/α-hetero) is 1. The van der Waals surface area contributed by atoms with Crippen LogP contribution in [0.15, 0.2) is 22.7 Å². The van der Waals surface area contributed by atoms with Crippen LogP contribution in [0.5, 0.6) is 0 Å². The number of hydrogen-bond acceptors (Lipinski definition) is 2. The van der Waals surface area contributed by atoms with Crippen LogP contribution in [-0.4, -0.2) is 19.5 Å². The van der Waals surface area contributed by atoms with Crippen molar-refractivity contribution in [2.75, 3.05) is 13.7 Å². The van der Waals surface area contributed by atoms with Crippen LogP contribution in [0, 0.1) is 0 Å². The Labute approximate surface area is 103 Å². The van der Waals surface area contributed by atoms with Gasteiger partial charge in [0.25, 0.3) is 0 Å². The van der Waals surface area contributed by atoms with Crippen molar-refractivity contribution in [1.82, 2.24) is 0 Å². The summed E-state index contributed by atoms with van der Waals surface area (Å²) in [6, 6.07) is 5.21. The summed E-state index contributed by atoms with van der Waals surface area (Å²) in [5, 5.41) is 0.577. The number of carbonyl (C=O) groups is 1. The molecule has 1 aromatic carbocycles. The maximum Gasteiger partial charge on any atom is 0.164 e. The summed E-state index contributed by atoms with van der Waals surface area (Å²) >= 11 is 9.15. The molecule has 0 saturated heterocycles. The molecule has 0 aromatic heterocycles. The van der Waals surface area contributed by atoms with E-state index >= 15 is 0 Å². The van der Waals surface area contributed by atoms with Gasteiger partial charge in [-0.25, -0.2) is 0 Å². The Bertz CT molecular complexity index is 352. The Morgan fingerprint density at radius 1 is 1.53 bits per heavy atom. The molecule has 0 fully saturated rings. The molecular weight excluding hydrogens is 279 g/mol. The molecule has 0 amide bonds. The first kappa shape index (κ1) is 12.7. The van der Waals surface area contributed by atoms with E-state index < -0.39 is 0 Å². The quantitative estimate of drug-likeness (QED) is 0.610. The normalized spacial score (nSPS) is 10.3. The number of carbonyl (C=O) groups excluding carboxylic acids is 1. The zero-order valence-electron chi connectivity index (χ0n) is 8.43. The lowest BCUT2D eigenvalue weighted by Gasteiger charge is -2.04. The molecule has 0 unspecified atom stereocenters. The van der Waals surface area contributed by atoms with E-state index in [1.807, 2.05) is 0 Å². The first-order valence-electron chi connectivity index (χ1n) is 4.62. The fourth-order valence-electron chi connectivity index (χ4n) is 1.22. The standard InChI is InChI=1S/C11H12BrClO2/c1-15-6-2-3-11(14)9-7-8(13)4-5-10(9)12/h4-5,7H,2-3,6H2,1H3. The smallest absolute Gasteiger partial charge is 0.164 e. The van der Waals surface area contributed by atoms with Gasteiger partial charge in [0.2, 0.25) is 0 Å². The van der Waals surface area contributed by atoms with E-state index in [1.54, 1.807) is 25.3 Å². The van der Waals surface area contributed by atoms with Crippen molar-refractivity contribution in [2.45, 2.75) is 12.8 Å². The first-order valence-corrected chi connectivity index (χ1v) is 5.79. The molecule has 0 spiro atoms.